The highest BCUT2D eigenvalue weighted by Crippen LogP contribution is 2.23. The molecule has 1 aliphatic rings. The van der Waals surface area contributed by atoms with Crippen molar-refractivity contribution in [3.05, 3.63) is 42.1 Å². The molecule has 0 aromatic carbocycles. The number of pyridine rings is 1. The molecule has 1 fully saturated rings. The van der Waals surface area contributed by atoms with Gasteiger partial charge in [0, 0.05) is 43.2 Å². The molecule has 5 heteroatoms. The highest BCUT2D eigenvalue weighted by molar-refractivity contribution is 5.40. The first-order valence-electron chi connectivity index (χ1n) is 7.31. The van der Waals surface area contributed by atoms with Crippen molar-refractivity contribution in [1.82, 2.24) is 15.0 Å². The van der Waals surface area contributed by atoms with Crippen molar-refractivity contribution >= 4 is 5.82 Å². The standard InChI is InChI=1S/C16H20N4O/c1-12-9-16(19-13(2)18-12)20-8-5-14(10-20)11-21-15-3-6-17-7-4-15/h3-4,6-7,9,14H,5,8,10-11H2,1-2H3. The molecular weight excluding hydrogens is 264 g/mol. The molecule has 5 nitrogen and oxygen atoms in total. The number of rotatable bonds is 4. The molecule has 2 aromatic heterocycles. The summed E-state index contributed by atoms with van der Waals surface area (Å²) in [4.78, 5) is 15.2. The van der Waals surface area contributed by atoms with Crippen molar-refractivity contribution in [2.45, 2.75) is 20.3 Å². The van der Waals surface area contributed by atoms with Crippen molar-refractivity contribution in [1.29, 1.82) is 0 Å². The molecule has 1 atom stereocenters. The van der Waals surface area contributed by atoms with Crippen LogP contribution in [0.1, 0.15) is 17.9 Å². The minimum atomic E-state index is 0.536. The Labute approximate surface area is 125 Å². The Morgan fingerprint density at radius 3 is 2.81 bits per heavy atom. The van der Waals surface area contributed by atoms with E-state index in [-0.39, 0.29) is 0 Å². The van der Waals surface area contributed by atoms with Crippen LogP contribution in [0.2, 0.25) is 0 Å². The molecule has 0 aliphatic carbocycles. The van der Waals surface area contributed by atoms with Gasteiger partial charge in [-0.3, -0.25) is 4.98 Å². The van der Waals surface area contributed by atoms with Crippen molar-refractivity contribution in [2.75, 3.05) is 24.6 Å². The Morgan fingerprint density at radius 1 is 1.24 bits per heavy atom. The highest BCUT2D eigenvalue weighted by Gasteiger charge is 2.24. The Bertz CT molecular complexity index is 582. The third-order valence-corrected chi connectivity index (χ3v) is 3.70. The molecule has 0 saturated carbocycles. The number of ether oxygens (including phenoxy) is 1. The van der Waals surface area contributed by atoms with Crippen molar-refractivity contribution in [2.24, 2.45) is 5.92 Å². The smallest absolute Gasteiger partial charge is 0.132 e. The number of hydrogen-bond donors (Lipinski definition) is 0. The largest absolute Gasteiger partial charge is 0.493 e. The van der Waals surface area contributed by atoms with E-state index in [4.69, 9.17) is 4.74 Å². The van der Waals surface area contributed by atoms with Crippen molar-refractivity contribution < 1.29 is 4.74 Å². The molecule has 0 amide bonds. The van der Waals surface area contributed by atoms with Crippen LogP contribution in [0.25, 0.3) is 0 Å². The molecule has 1 saturated heterocycles. The van der Waals surface area contributed by atoms with Crippen LogP contribution in [0.5, 0.6) is 5.75 Å². The average molecular weight is 284 g/mol. The van der Waals surface area contributed by atoms with E-state index < -0.39 is 0 Å². The maximum atomic E-state index is 5.82. The molecule has 1 aliphatic heterocycles. The molecule has 3 rings (SSSR count). The molecule has 2 aromatic rings. The van der Waals surface area contributed by atoms with Gasteiger partial charge in [-0.2, -0.15) is 0 Å². The lowest BCUT2D eigenvalue weighted by Gasteiger charge is -2.18. The number of nitrogens with zero attached hydrogens (tertiary/aromatic N) is 4. The molecule has 3 heterocycles. The van der Waals surface area contributed by atoms with E-state index in [9.17, 15) is 0 Å². The first-order chi connectivity index (χ1) is 10.2. The van der Waals surface area contributed by atoms with Crippen LogP contribution < -0.4 is 9.64 Å². The summed E-state index contributed by atoms with van der Waals surface area (Å²) in [6, 6.07) is 5.84. The van der Waals surface area contributed by atoms with Gasteiger partial charge in [0.2, 0.25) is 0 Å². The SMILES string of the molecule is Cc1cc(N2CCC(COc3ccncc3)C2)nc(C)n1. The predicted molar refractivity (Wildman–Crippen MR) is 81.6 cm³/mol. The number of aryl methyl sites for hydroxylation is 2. The Morgan fingerprint density at radius 2 is 2.05 bits per heavy atom. The third-order valence-electron chi connectivity index (χ3n) is 3.70. The lowest BCUT2D eigenvalue weighted by atomic mass is 10.1. The number of aromatic nitrogens is 3. The zero-order valence-electron chi connectivity index (χ0n) is 12.5. The van der Waals surface area contributed by atoms with E-state index in [1.165, 1.54) is 0 Å². The van der Waals surface area contributed by atoms with E-state index in [1.807, 2.05) is 26.0 Å². The van der Waals surface area contributed by atoms with Crippen LogP contribution in [-0.4, -0.2) is 34.6 Å². The fraction of sp³-hybridized carbons (Fsp3) is 0.438. The Balaban J connectivity index is 1.58. The summed E-state index contributed by atoms with van der Waals surface area (Å²) in [7, 11) is 0. The van der Waals surface area contributed by atoms with Crippen LogP contribution in [0.3, 0.4) is 0 Å². The fourth-order valence-electron chi connectivity index (χ4n) is 2.68. The maximum absolute atomic E-state index is 5.82. The van der Waals surface area contributed by atoms with E-state index >= 15 is 0 Å². The number of anilines is 1. The van der Waals surface area contributed by atoms with Gasteiger partial charge in [0.1, 0.15) is 17.4 Å². The summed E-state index contributed by atoms with van der Waals surface area (Å²) in [6.45, 7) is 6.71. The summed E-state index contributed by atoms with van der Waals surface area (Å²) >= 11 is 0. The normalized spacial score (nSPS) is 18.0. The van der Waals surface area contributed by atoms with Crippen LogP contribution in [0, 0.1) is 19.8 Å². The average Bonchev–Trinajstić information content (AvgIpc) is 2.94. The van der Waals surface area contributed by atoms with E-state index in [1.54, 1.807) is 12.4 Å². The maximum Gasteiger partial charge on any atom is 0.132 e. The zero-order chi connectivity index (χ0) is 14.7. The lowest BCUT2D eigenvalue weighted by Crippen LogP contribution is -2.23. The van der Waals surface area contributed by atoms with Gasteiger partial charge in [0.15, 0.2) is 0 Å². The van der Waals surface area contributed by atoms with E-state index in [0.29, 0.717) is 5.92 Å². The predicted octanol–water partition coefficient (Wildman–Crippen LogP) is 2.39. The molecule has 1 unspecified atom stereocenters. The van der Waals surface area contributed by atoms with Gasteiger partial charge >= 0.3 is 0 Å². The molecule has 0 N–H and O–H groups in total. The molecule has 21 heavy (non-hydrogen) atoms. The van der Waals surface area contributed by atoms with Gasteiger partial charge in [-0.25, -0.2) is 9.97 Å². The van der Waals surface area contributed by atoms with Gasteiger partial charge < -0.3 is 9.64 Å². The zero-order valence-corrected chi connectivity index (χ0v) is 12.5. The quantitative estimate of drug-likeness (QED) is 0.863. The van der Waals surface area contributed by atoms with Crippen LogP contribution in [0.4, 0.5) is 5.82 Å². The van der Waals surface area contributed by atoms with Gasteiger partial charge in [-0.1, -0.05) is 0 Å². The second kappa shape index (κ2) is 6.08. The second-order valence-electron chi connectivity index (χ2n) is 5.51. The minimum Gasteiger partial charge on any atom is -0.493 e. The Hall–Kier alpha value is -2.17. The molecule has 110 valence electrons. The monoisotopic (exact) mass is 284 g/mol. The fourth-order valence-corrected chi connectivity index (χ4v) is 2.68. The van der Waals surface area contributed by atoms with Gasteiger partial charge in [0.25, 0.3) is 0 Å². The van der Waals surface area contributed by atoms with Crippen LogP contribution >= 0.6 is 0 Å². The summed E-state index contributed by atoms with van der Waals surface area (Å²) in [5.41, 5.74) is 1.02. The topological polar surface area (TPSA) is 51.1 Å². The summed E-state index contributed by atoms with van der Waals surface area (Å²) in [6.07, 6.45) is 4.64. The minimum absolute atomic E-state index is 0.536. The van der Waals surface area contributed by atoms with Gasteiger partial charge in [0.05, 0.1) is 6.61 Å². The first-order valence-corrected chi connectivity index (χ1v) is 7.31. The summed E-state index contributed by atoms with van der Waals surface area (Å²) < 4.78 is 5.82. The highest BCUT2D eigenvalue weighted by atomic mass is 16.5. The summed E-state index contributed by atoms with van der Waals surface area (Å²) in [5, 5.41) is 0. The van der Waals surface area contributed by atoms with Crippen LogP contribution in [-0.2, 0) is 0 Å². The molecule has 0 bridgehead atoms. The number of hydrogen-bond acceptors (Lipinski definition) is 5. The van der Waals surface area contributed by atoms with Crippen LogP contribution in [0.15, 0.2) is 30.6 Å². The van der Waals surface area contributed by atoms with E-state index in [0.717, 1.165) is 49.2 Å². The van der Waals surface area contributed by atoms with Gasteiger partial charge in [-0.15, -0.1) is 0 Å². The lowest BCUT2D eigenvalue weighted by molar-refractivity contribution is 0.261. The third kappa shape index (κ3) is 3.48. The molecular formula is C16H20N4O. The second-order valence-corrected chi connectivity index (χ2v) is 5.51. The molecule has 0 spiro atoms. The van der Waals surface area contributed by atoms with Crippen molar-refractivity contribution in [3.8, 4) is 5.75 Å². The van der Waals surface area contributed by atoms with Crippen molar-refractivity contribution in [3.63, 3.8) is 0 Å². The van der Waals surface area contributed by atoms with E-state index in [2.05, 4.69) is 25.9 Å². The van der Waals surface area contributed by atoms with Gasteiger partial charge in [-0.05, 0) is 32.4 Å². The Kier molecular flexibility index (Phi) is 3.99. The molecule has 0 radical (unpaired) electrons. The summed E-state index contributed by atoms with van der Waals surface area (Å²) in [5.74, 6) is 3.29. The first kappa shape index (κ1) is 13.8.